The van der Waals surface area contributed by atoms with Crippen LogP contribution in [0, 0.1) is 23.7 Å². The molecule has 0 aromatic heterocycles. The Balaban J connectivity index is 1.38. The molecule has 0 aliphatic carbocycles. The summed E-state index contributed by atoms with van der Waals surface area (Å²) in [5.74, 6) is -13.3. The van der Waals surface area contributed by atoms with E-state index in [0.29, 0.717) is 38.5 Å². The van der Waals surface area contributed by atoms with E-state index in [1.807, 2.05) is 41.5 Å². The number of carbonyl (C=O) groups is 12. The molecule has 6 aromatic rings. The lowest BCUT2D eigenvalue weighted by atomic mass is 9.74. The van der Waals surface area contributed by atoms with Crippen LogP contribution in [0.15, 0.2) is 146 Å². The molecule has 0 saturated carbocycles. The number of rotatable bonds is 29. The van der Waals surface area contributed by atoms with E-state index in [0.717, 1.165) is 33.4 Å². The molecular formula is C72H74O30. The minimum absolute atomic E-state index is 0.0207. The second-order valence-corrected chi connectivity index (χ2v) is 21.9. The Labute approximate surface area is 583 Å². The van der Waals surface area contributed by atoms with Crippen LogP contribution in [0.1, 0.15) is 150 Å². The fourth-order valence-electron chi connectivity index (χ4n) is 9.45. The Morgan fingerprint density at radius 3 is 0.569 bits per heavy atom. The molecule has 0 heterocycles. The molecule has 30 nitrogen and oxygen atoms in total. The van der Waals surface area contributed by atoms with E-state index >= 15 is 0 Å². The summed E-state index contributed by atoms with van der Waals surface area (Å²) >= 11 is 0. The molecule has 0 aliphatic heterocycles. The van der Waals surface area contributed by atoms with Crippen LogP contribution < -0.4 is 0 Å². The van der Waals surface area contributed by atoms with Crippen LogP contribution in [0.4, 0.5) is 28.8 Å². The zero-order valence-electron chi connectivity index (χ0n) is 56.3. The summed E-state index contributed by atoms with van der Waals surface area (Å²) in [6.45, 7) is 5.52. The summed E-state index contributed by atoms with van der Waals surface area (Å²) < 4.78 is 32.5. The van der Waals surface area contributed by atoms with E-state index in [2.05, 4.69) is 9.78 Å². The molecule has 0 N–H and O–H groups in total. The fourth-order valence-corrected chi connectivity index (χ4v) is 9.45. The number of aryl methyl sites for hydroxylation is 6. The highest BCUT2D eigenvalue weighted by molar-refractivity contribution is 5.92. The van der Waals surface area contributed by atoms with Gasteiger partial charge in [-0.15, -0.1) is 0 Å². The monoisotopic (exact) mass is 1420 g/mol. The highest BCUT2D eigenvalue weighted by Gasteiger charge is 2.40. The van der Waals surface area contributed by atoms with Gasteiger partial charge >= 0.3 is 72.7 Å². The van der Waals surface area contributed by atoms with Crippen LogP contribution in [0.3, 0.4) is 0 Å². The average molecular weight is 1420 g/mol. The van der Waals surface area contributed by atoms with Gasteiger partial charge < -0.3 is 28.4 Å². The molecule has 30 heteroatoms. The number of carbonyl (C=O) groups excluding carboxylic acids is 12. The van der Waals surface area contributed by atoms with Gasteiger partial charge in [-0.1, -0.05) is 114 Å². The standard InChI is InChI=1S/C72H74O30/c1-7-45-13-25-51(26-14-45)61(73)91-97-67(79)85-39-37-57(41-87-69(81)99-93-63(75)53-29-17-47(9-3)18-30-53)59(43-89-71(83)101-95-65(77)55-33-21-49(11-5)22-34-55)60(44-90-72(84)102-96-66(78)56-35-23-50(12-6)24-36-56)58(42-88-70(82)100-94-64(76)54-31-19-48(10-4)20-32-54)38-40-86-68(80)98-92-62(74)52-27-15-46(8-2)16-28-52/h13-36,57-60H,7-12,37-44H2,1-6H3. The van der Waals surface area contributed by atoms with Gasteiger partial charge in [0.2, 0.25) is 0 Å². The van der Waals surface area contributed by atoms with E-state index in [-0.39, 0.29) is 33.4 Å². The largest absolute Gasteiger partial charge is 0.549 e. The molecular weight excluding hydrogens is 1340 g/mol. The van der Waals surface area contributed by atoms with Gasteiger partial charge in [-0.2, -0.15) is 28.8 Å². The van der Waals surface area contributed by atoms with Gasteiger partial charge in [0.25, 0.3) is 0 Å². The Bertz CT molecular complexity index is 3510. The predicted molar refractivity (Wildman–Crippen MR) is 345 cm³/mol. The van der Waals surface area contributed by atoms with Crippen LogP contribution in [0.25, 0.3) is 0 Å². The van der Waals surface area contributed by atoms with Crippen molar-refractivity contribution in [3.8, 4) is 0 Å². The van der Waals surface area contributed by atoms with E-state index in [9.17, 15) is 57.5 Å². The lowest BCUT2D eigenvalue weighted by molar-refractivity contribution is -0.212. The number of hydrogen-bond acceptors (Lipinski definition) is 30. The first kappa shape index (κ1) is 78.8. The predicted octanol–water partition coefficient (Wildman–Crippen LogP) is 13.2. The first-order valence-electron chi connectivity index (χ1n) is 32.1. The summed E-state index contributed by atoms with van der Waals surface area (Å²) in [5, 5.41) is 0. The van der Waals surface area contributed by atoms with Crippen molar-refractivity contribution in [2.45, 2.75) is 92.9 Å². The van der Waals surface area contributed by atoms with Crippen molar-refractivity contribution in [2.75, 3.05) is 39.6 Å². The van der Waals surface area contributed by atoms with Crippen molar-refractivity contribution in [2.24, 2.45) is 23.7 Å². The third kappa shape index (κ3) is 26.5. The lowest BCUT2D eigenvalue weighted by Crippen LogP contribution is -2.41. The van der Waals surface area contributed by atoms with Gasteiger partial charge in [0.15, 0.2) is 0 Å². The smallest absolute Gasteiger partial charge is 0.432 e. The minimum atomic E-state index is -1.75. The van der Waals surface area contributed by atoms with Crippen molar-refractivity contribution in [1.82, 2.24) is 0 Å². The molecule has 0 fully saturated rings. The maximum atomic E-state index is 13.7. The number of benzene rings is 6. The molecule has 0 radical (unpaired) electrons. The van der Waals surface area contributed by atoms with Crippen LogP contribution >= 0.6 is 0 Å². The van der Waals surface area contributed by atoms with E-state index in [1.165, 1.54) is 72.8 Å². The topological polar surface area (TPSA) is 371 Å². The summed E-state index contributed by atoms with van der Waals surface area (Å²) in [5.41, 5.74) is 4.82. The van der Waals surface area contributed by atoms with Gasteiger partial charge in [-0.3, -0.25) is 0 Å². The quantitative estimate of drug-likeness (QED) is 0.0182. The molecule has 542 valence electrons. The summed E-state index contributed by atoms with van der Waals surface area (Å²) in [7, 11) is 0. The first-order chi connectivity index (χ1) is 49.2. The summed E-state index contributed by atoms with van der Waals surface area (Å²) in [6, 6.07) is 36.2. The molecule has 6 aromatic carbocycles. The fraction of sp³-hybridized carbons (Fsp3) is 0.333. The van der Waals surface area contributed by atoms with Crippen molar-refractivity contribution >= 4 is 72.7 Å². The first-order valence-corrected chi connectivity index (χ1v) is 32.1. The van der Waals surface area contributed by atoms with Crippen LogP contribution in [-0.2, 0) is 126 Å². The SMILES string of the molecule is CCc1ccc(C(=O)OOC(=O)OCCC(COC(=O)OOC(=O)c2ccc(CC)cc2)C(COC(=O)OOC(=O)c2ccc(CC)cc2)C(COC(=O)OOC(=O)c2ccc(CC)cc2)C(CCOC(=O)OOC(=O)c2ccc(CC)cc2)COC(=O)OOC(=O)c2ccc(CC)cc2)cc1. The third-order valence-corrected chi connectivity index (χ3v) is 15.5. The summed E-state index contributed by atoms with van der Waals surface area (Å²) in [6.07, 6.45) is -7.63. The van der Waals surface area contributed by atoms with Gasteiger partial charge in [-0.25, -0.2) is 87.4 Å². The maximum Gasteiger partial charge on any atom is 0.549 e. The van der Waals surface area contributed by atoms with Crippen molar-refractivity contribution in [1.29, 1.82) is 0 Å². The molecule has 6 rings (SSSR count). The molecule has 4 atom stereocenters. The Kier molecular flexibility index (Phi) is 32.3. The van der Waals surface area contributed by atoms with Gasteiger partial charge in [0.1, 0.15) is 0 Å². The van der Waals surface area contributed by atoms with Crippen molar-refractivity contribution in [3.05, 3.63) is 212 Å². The average Bonchev–Trinajstić information content (AvgIpc) is 0.836. The van der Waals surface area contributed by atoms with Gasteiger partial charge in [0.05, 0.1) is 73.0 Å². The number of hydrogen-bond donors (Lipinski definition) is 0. The normalized spacial score (nSPS) is 11.7. The second kappa shape index (κ2) is 41.9. The van der Waals surface area contributed by atoms with Crippen molar-refractivity contribution < 1.29 is 145 Å². The molecule has 0 saturated heterocycles. The Morgan fingerprint density at radius 2 is 0.392 bits per heavy atom. The molecule has 0 amide bonds. The zero-order valence-corrected chi connectivity index (χ0v) is 56.3. The third-order valence-electron chi connectivity index (χ3n) is 15.5. The molecule has 0 aliphatic rings. The number of ether oxygens (including phenoxy) is 6. The zero-order chi connectivity index (χ0) is 73.8. The maximum absolute atomic E-state index is 13.7. The van der Waals surface area contributed by atoms with E-state index < -0.39 is 149 Å². The molecule has 4 unspecified atom stereocenters. The van der Waals surface area contributed by atoms with Gasteiger partial charge in [-0.05, 0) is 158 Å². The van der Waals surface area contributed by atoms with Crippen LogP contribution in [0.2, 0.25) is 0 Å². The molecule has 0 bridgehead atoms. The molecule has 102 heavy (non-hydrogen) atoms. The van der Waals surface area contributed by atoms with E-state index in [1.54, 1.807) is 72.8 Å². The lowest BCUT2D eigenvalue weighted by Gasteiger charge is -2.36. The Morgan fingerprint density at radius 1 is 0.225 bits per heavy atom. The van der Waals surface area contributed by atoms with Gasteiger partial charge in [0, 0.05) is 23.7 Å². The molecule has 0 spiro atoms. The van der Waals surface area contributed by atoms with E-state index in [4.69, 9.17) is 77.3 Å². The second-order valence-electron chi connectivity index (χ2n) is 21.9. The van der Waals surface area contributed by atoms with Crippen LogP contribution in [0.5, 0.6) is 0 Å². The minimum Gasteiger partial charge on any atom is -0.432 e. The summed E-state index contributed by atoms with van der Waals surface area (Å²) in [4.78, 5) is 215. The Hall–Kier alpha value is -12.2. The highest BCUT2D eigenvalue weighted by Crippen LogP contribution is 2.35. The van der Waals surface area contributed by atoms with Crippen LogP contribution in [-0.4, -0.2) is 112 Å². The highest BCUT2D eigenvalue weighted by atomic mass is 17.3. The van der Waals surface area contributed by atoms with Crippen molar-refractivity contribution in [3.63, 3.8) is 0 Å².